The maximum atomic E-state index is 12.6. The molecule has 0 saturated heterocycles. The monoisotopic (exact) mass is 292 g/mol. The summed E-state index contributed by atoms with van der Waals surface area (Å²) in [6.45, 7) is 0. The lowest BCUT2D eigenvalue weighted by atomic mass is 9.82. The smallest absolute Gasteiger partial charge is 0.166 e. The molecule has 2 aromatic rings. The molecule has 0 spiro atoms. The van der Waals surface area contributed by atoms with E-state index >= 15 is 0 Å². The second kappa shape index (κ2) is 6.61. The molecule has 112 valence electrons. The Bertz CT molecular complexity index is 669. The molecule has 2 aromatic carbocycles. The van der Waals surface area contributed by atoms with Gasteiger partial charge in [0.15, 0.2) is 5.78 Å². The molecular weight excluding hydrogens is 272 g/mol. The fourth-order valence-corrected chi connectivity index (χ4v) is 2.98. The van der Waals surface area contributed by atoms with Crippen LogP contribution in [0.15, 0.2) is 60.7 Å². The van der Waals surface area contributed by atoms with E-state index in [1.54, 1.807) is 7.11 Å². The third-order valence-corrected chi connectivity index (χ3v) is 4.30. The van der Waals surface area contributed by atoms with Crippen molar-refractivity contribution in [3.8, 4) is 5.75 Å². The Hall–Kier alpha value is -2.35. The molecular formula is C20H20O2. The predicted molar refractivity (Wildman–Crippen MR) is 89.1 cm³/mol. The van der Waals surface area contributed by atoms with E-state index in [1.165, 1.54) is 11.1 Å². The van der Waals surface area contributed by atoms with Crippen LogP contribution in [0.4, 0.5) is 0 Å². The molecule has 0 aromatic heterocycles. The molecule has 1 atom stereocenters. The van der Waals surface area contributed by atoms with Gasteiger partial charge in [0.25, 0.3) is 0 Å². The third-order valence-electron chi connectivity index (χ3n) is 4.30. The van der Waals surface area contributed by atoms with Gasteiger partial charge >= 0.3 is 0 Å². The topological polar surface area (TPSA) is 26.3 Å². The van der Waals surface area contributed by atoms with Gasteiger partial charge in [-0.1, -0.05) is 36.4 Å². The van der Waals surface area contributed by atoms with Crippen LogP contribution in [-0.2, 0) is 0 Å². The average molecular weight is 292 g/mol. The molecule has 3 rings (SSSR count). The molecule has 0 bridgehead atoms. The average Bonchev–Trinajstić information content (AvgIpc) is 2.62. The number of hydrogen-bond donors (Lipinski definition) is 0. The van der Waals surface area contributed by atoms with Crippen LogP contribution in [0.5, 0.6) is 5.75 Å². The molecule has 1 aliphatic rings. The second-order valence-corrected chi connectivity index (χ2v) is 5.66. The van der Waals surface area contributed by atoms with Crippen molar-refractivity contribution in [3.63, 3.8) is 0 Å². The normalized spacial score (nSPS) is 17.7. The minimum atomic E-state index is 0.0980. The number of rotatable bonds is 4. The molecule has 2 heteroatoms. The van der Waals surface area contributed by atoms with Crippen LogP contribution in [0.25, 0.3) is 5.57 Å². The van der Waals surface area contributed by atoms with Crippen molar-refractivity contribution >= 4 is 11.4 Å². The van der Waals surface area contributed by atoms with Gasteiger partial charge in [0.1, 0.15) is 5.75 Å². The first kappa shape index (κ1) is 14.6. The van der Waals surface area contributed by atoms with Crippen LogP contribution in [0.3, 0.4) is 0 Å². The Morgan fingerprint density at radius 1 is 1.05 bits per heavy atom. The summed E-state index contributed by atoms with van der Waals surface area (Å²) in [5.74, 6) is 1.12. The molecule has 0 N–H and O–H groups in total. The van der Waals surface area contributed by atoms with Gasteiger partial charge in [0.2, 0.25) is 0 Å². The summed E-state index contributed by atoms with van der Waals surface area (Å²) >= 11 is 0. The number of carbonyl (C=O) groups excluding carboxylic acids is 1. The van der Waals surface area contributed by atoms with Crippen molar-refractivity contribution in [2.45, 2.75) is 19.3 Å². The van der Waals surface area contributed by atoms with E-state index in [4.69, 9.17) is 4.74 Å². The number of hydrogen-bond acceptors (Lipinski definition) is 2. The van der Waals surface area contributed by atoms with E-state index in [2.05, 4.69) is 30.3 Å². The minimum absolute atomic E-state index is 0.0980. The number of ketones is 1. The van der Waals surface area contributed by atoms with Crippen molar-refractivity contribution in [2.75, 3.05) is 7.11 Å². The highest BCUT2D eigenvalue weighted by molar-refractivity contribution is 5.98. The first-order chi connectivity index (χ1) is 10.8. The SMILES string of the molecule is COc1ccc(C(=O)C2CC=C(c3ccccc3)CC2)cc1. The van der Waals surface area contributed by atoms with Gasteiger partial charge < -0.3 is 4.74 Å². The van der Waals surface area contributed by atoms with E-state index in [-0.39, 0.29) is 11.7 Å². The molecule has 1 unspecified atom stereocenters. The van der Waals surface area contributed by atoms with Crippen LogP contribution in [0, 0.1) is 5.92 Å². The van der Waals surface area contributed by atoms with Crippen molar-refractivity contribution in [1.82, 2.24) is 0 Å². The van der Waals surface area contributed by atoms with Gasteiger partial charge in [-0.25, -0.2) is 0 Å². The summed E-state index contributed by atoms with van der Waals surface area (Å²) in [6.07, 6.45) is 4.95. The molecule has 0 heterocycles. The Morgan fingerprint density at radius 2 is 1.77 bits per heavy atom. The lowest BCUT2D eigenvalue weighted by molar-refractivity contribution is 0.0913. The van der Waals surface area contributed by atoms with Crippen molar-refractivity contribution in [1.29, 1.82) is 0 Å². The zero-order chi connectivity index (χ0) is 15.4. The fraction of sp³-hybridized carbons (Fsp3) is 0.250. The number of benzene rings is 2. The molecule has 0 saturated carbocycles. The van der Waals surface area contributed by atoms with Gasteiger partial charge in [-0.15, -0.1) is 0 Å². The van der Waals surface area contributed by atoms with Crippen molar-refractivity contribution < 1.29 is 9.53 Å². The summed E-state index contributed by atoms with van der Waals surface area (Å²) < 4.78 is 5.14. The highest BCUT2D eigenvalue weighted by Gasteiger charge is 2.23. The zero-order valence-corrected chi connectivity index (χ0v) is 12.8. The second-order valence-electron chi connectivity index (χ2n) is 5.66. The molecule has 2 nitrogen and oxygen atoms in total. The summed E-state index contributed by atoms with van der Waals surface area (Å²) in [5, 5.41) is 0. The quantitative estimate of drug-likeness (QED) is 0.759. The zero-order valence-electron chi connectivity index (χ0n) is 12.8. The standard InChI is InChI=1S/C20H20O2/c1-22-19-13-11-18(12-14-19)20(21)17-9-7-16(8-10-17)15-5-3-2-4-6-15/h2-7,11-14,17H,8-10H2,1H3. The Morgan fingerprint density at radius 3 is 2.36 bits per heavy atom. The maximum Gasteiger partial charge on any atom is 0.166 e. The highest BCUT2D eigenvalue weighted by atomic mass is 16.5. The van der Waals surface area contributed by atoms with E-state index < -0.39 is 0 Å². The fourth-order valence-electron chi connectivity index (χ4n) is 2.98. The summed E-state index contributed by atoms with van der Waals surface area (Å²) in [6, 6.07) is 17.8. The first-order valence-electron chi connectivity index (χ1n) is 7.70. The largest absolute Gasteiger partial charge is 0.497 e. The van der Waals surface area contributed by atoms with E-state index in [1.807, 2.05) is 30.3 Å². The Labute approximate surface area is 131 Å². The molecule has 0 aliphatic heterocycles. The number of allylic oxidation sites excluding steroid dienone is 2. The van der Waals surface area contributed by atoms with Crippen LogP contribution >= 0.6 is 0 Å². The van der Waals surface area contributed by atoms with E-state index in [0.717, 1.165) is 30.6 Å². The first-order valence-corrected chi connectivity index (χ1v) is 7.70. The molecule has 22 heavy (non-hydrogen) atoms. The number of ether oxygens (including phenoxy) is 1. The minimum Gasteiger partial charge on any atom is -0.497 e. The van der Waals surface area contributed by atoms with Gasteiger partial charge in [0.05, 0.1) is 7.11 Å². The lowest BCUT2D eigenvalue weighted by Crippen LogP contribution is -2.17. The van der Waals surface area contributed by atoms with Crippen molar-refractivity contribution in [3.05, 3.63) is 71.8 Å². The van der Waals surface area contributed by atoms with Crippen LogP contribution in [0.2, 0.25) is 0 Å². The Balaban J connectivity index is 1.70. The van der Waals surface area contributed by atoms with E-state index in [0.29, 0.717) is 0 Å². The summed E-state index contributed by atoms with van der Waals surface area (Å²) in [5.41, 5.74) is 3.42. The van der Waals surface area contributed by atoms with Crippen LogP contribution < -0.4 is 4.74 Å². The maximum absolute atomic E-state index is 12.6. The summed E-state index contributed by atoms with van der Waals surface area (Å²) in [7, 11) is 1.63. The number of methoxy groups -OCH3 is 1. The highest BCUT2D eigenvalue weighted by Crippen LogP contribution is 2.32. The Kier molecular flexibility index (Phi) is 4.38. The number of Topliss-reactive ketones (excluding diaryl/α,β-unsaturated/α-hetero) is 1. The summed E-state index contributed by atoms with van der Waals surface area (Å²) in [4.78, 5) is 12.6. The molecule has 0 radical (unpaired) electrons. The third kappa shape index (κ3) is 3.11. The number of carbonyl (C=O) groups is 1. The lowest BCUT2D eigenvalue weighted by Gasteiger charge is -2.21. The van der Waals surface area contributed by atoms with Crippen molar-refractivity contribution in [2.24, 2.45) is 5.92 Å². The predicted octanol–water partition coefficient (Wildman–Crippen LogP) is 4.76. The van der Waals surface area contributed by atoms with E-state index in [9.17, 15) is 4.79 Å². The molecule has 1 aliphatic carbocycles. The van der Waals surface area contributed by atoms with Gasteiger partial charge in [-0.3, -0.25) is 4.79 Å². The van der Waals surface area contributed by atoms with Gasteiger partial charge in [-0.2, -0.15) is 0 Å². The van der Waals surface area contributed by atoms with Crippen LogP contribution in [-0.4, -0.2) is 12.9 Å². The molecule has 0 amide bonds. The van der Waals surface area contributed by atoms with Gasteiger partial charge in [-0.05, 0) is 54.7 Å². The molecule has 0 fully saturated rings. The van der Waals surface area contributed by atoms with Gasteiger partial charge in [0, 0.05) is 11.5 Å². The van der Waals surface area contributed by atoms with Crippen LogP contribution in [0.1, 0.15) is 35.2 Å².